The maximum Gasteiger partial charge on any atom is 0.342 e. The molecule has 1 aromatic carbocycles. The number of carbonyl (C=O) groups is 2. The molecule has 4 rings (SSSR count). The average Bonchev–Trinajstić information content (AvgIpc) is 2.48. The Morgan fingerprint density at radius 2 is 1.88 bits per heavy atom. The number of hydrogen-bond donors (Lipinski definition) is 2. The number of carbonyl (C=O) groups excluding carboxylic acids is 2. The third-order valence-corrected chi connectivity index (χ3v) is 4.44. The average molecular weight is 344 g/mol. The molecule has 2 N–H and O–H groups in total. The maximum absolute atomic E-state index is 12.6. The van der Waals surface area contributed by atoms with Gasteiger partial charge in [-0.3, -0.25) is 4.79 Å². The number of allylic oxidation sites excluding steroid dienone is 3. The molecule has 25 heavy (non-hydrogen) atoms. The van der Waals surface area contributed by atoms with E-state index in [0.29, 0.717) is 12.0 Å². The van der Waals surface area contributed by atoms with Crippen molar-refractivity contribution in [2.24, 2.45) is 0 Å². The summed E-state index contributed by atoms with van der Waals surface area (Å²) in [7, 11) is 0. The molecule has 6 heteroatoms. The van der Waals surface area contributed by atoms with E-state index in [0.717, 1.165) is 18.2 Å². The highest BCUT2D eigenvalue weighted by Gasteiger charge is 2.30. The van der Waals surface area contributed by atoms with Gasteiger partial charge in [0.05, 0.1) is 0 Å². The highest BCUT2D eigenvalue weighted by molar-refractivity contribution is 5.99. The van der Waals surface area contributed by atoms with Gasteiger partial charge in [0.25, 0.3) is 0 Å². The Kier molecular flexibility index (Phi) is 4.53. The third kappa shape index (κ3) is 3.52. The first-order chi connectivity index (χ1) is 11.8. The standard InChI is InChI=1S/C19H20O6/c1-10-6-14-8-13(25-14)5-3-4-12(20)7-15-11(2)16(21)9-17(22)18(15)19(23)24-10/h3-5,9-10,14,21-22H,6-8H2,1-2H3/b4-3+,13-5-. The smallest absolute Gasteiger partial charge is 0.342 e. The van der Waals surface area contributed by atoms with E-state index < -0.39 is 17.8 Å². The van der Waals surface area contributed by atoms with Crippen molar-refractivity contribution >= 4 is 11.8 Å². The Labute approximate surface area is 145 Å². The monoisotopic (exact) mass is 344 g/mol. The van der Waals surface area contributed by atoms with E-state index in [1.54, 1.807) is 26.0 Å². The molecule has 132 valence electrons. The number of phenols is 2. The summed E-state index contributed by atoms with van der Waals surface area (Å²) >= 11 is 0. The van der Waals surface area contributed by atoms with Crippen LogP contribution in [-0.2, 0) is 20.7 Å². The highest BCUT2D eigenvalue weighted by Crippen LogP contribution is 2.34. The summed E-state index contributed by atoms with van der Waals surface area (Å²) in [4.78, 5) is 24.8. The van der Waals surface area contributed by atoms with Gasteiger partial charge in [0.1, 0.15) is 35.0 Å². The molecule has 2 atom stereocenters. The van der Waals surface area contributed by atoms with Gasteiger partial charge in [-0.15, -0.1) is 0 Å². The molecule has 3 heterocycles. The summed E-state index contributed by atoms with van der Waals surface area (Å²) in [5.41, 5.74) is 0.568. The second-order valence-electron chi connectivity index (χ2n) is 6.42. The molecule has 6 nitrogen and oxygen atoms in total. The summed E-state index contributed by atoms with van der Waals surface area (Å²) in [6.07, 6.45) is 5.44. The number of hydrogen-bond acceptors (Lipinski definition) is 6. The van der Waals surface area contributed by atoms with Crippen LogP contribution in [0.25, 0.3) is 0 Å². The number of ketones is 1. The van der Waals surface area contributed by atoms with E-state index in [4.69, 9.17) is 9.47 Å². The largest absolute Gasteiger partial charge is 0.508 e. The molecule has 1 aromatic rings. The normalized spacial score (nSPS) is 26.9. The fourth-order valence-electron chi connectivity index (χ4n) is 3.08. The summed E-state index contributed by atoms with van der Waals surface area (Å²) in [6.45, 7) is 3.35. The van der Waals surface area contributed by atoms with Crippen molar-refractivity contribution < 1.29 is 29.3 Å². The molecule has 2 unspecified atom stereocenters. The van der Waals surface area contributed by atoms with Crippen molar-refractivity contribution in [3.05, 3.63) is 46.7 Å². The first kappa shape index (κ1) is 17.1. The minimum absolute atomic E-state index is 0.0317. The van der Waals surface area contributed by atoms with Crippen molar-refractivity contribution in [3.8, 4) is 11.5 Å². The van der Waals surface area contributed by atoms with Crippen LogP contribution in [0.4, 0.5) is 0 Å². The minimum atomic E-state index is -0.716. The van der Waals surface area contributed by atoms with Crippen molar-refractivity contribution in [3.63, 3.8) is 0 Å². The number of ether oxygens (including phenoxy) is 2. The van der Waals surface area contributed by atoms with Crippen LogP contribution in [0, 0.1) is 6.92 Å². The van der Waals surface area contributed by atoms with Gasteiger partial charge in [-0.2, -0.15) is 0 Å². The first-order valence-electron chi connectivity index (χ1n) is 8.17. The summed E-state index contributed by atoms with van der Waals surface area (Å²) in [6, 6.07) is 1.09. The zero-order valence-electron chi connectivity index (χ0n) is 14.1. The lowest BCUT2D eigenvalue weighted by Gasteiger charge is -2.32. The van der Waals surface area contributed by atoms with E-state index in [1.165, 1.54) is 6.08 Å². The molecule has 3 aliphatic rings. The Morgan fingerprint density at radius 1 is 1.16 bits per heavy atom. The summed E-state index contributed by atoms with van der Waals surface area (Å²) < 4.78 is 11.0. The van der Waals surface area contributed by atoms with Crippen LogP contribution in [0.5, 0.6) is 11.5 Å². The van der Waals surface area contributed by atoms with E-state index in [9.17, 15) is 19.8 Å². The van der Waals surface area contributed by atoms with Gasteiger partial charge in [-0.25, -0.2) is 4.79 Å². The van der Waals surface area contributed by atoms with Crippen molar-refractivity contribution in [1.82, 2.24) is 0 Å². The van der Waals surface area contributed by atoms with E-state index >= 15 is 0 Å². The summed E-state index contributed by atoms with van der Waals surface area (Å²) in [5.74, 6) is -0.767. The number of benzene rings is 1. The van der Waals surface area contributed by atoms with E-state index in [-0.39, 0.29) is 35.2 Å². The molecule has 0 saturated carbocycles. The predicted molar refractivity (Wildman–Crippen MR) is 89.4 cm³/mol. The third-order valence-electron chi connectivity index (χ3n) is 4.44. The second kappa shape index (κ2) is 6.63. The lowest BCUT2D eigenvalue weighted by Crippen LogP contribution is -2.30. The van der Waals surface area contributed by atoms with Crippen LogP contribution in [-0.4, -0.2) is 34.2 Å². The number of esters is 1. The van der Waals surface area contributed by atoms with Gasteiger partial charge in [0.2, 0.25) is 0 Å². The van der Waals surface area contributed by atoms with Gasteiger partial charge in [0, 0.05) is 25.3 Å². The molecule has 0 aromatic heterocycles. The zero-order valence-corrected chi connectivity index (χ0v) is 14.1. The van der Waals surface area contributed by atoms with Crippen molar-refractivity contribution in [1.29, 1.82) is 0 Å². The molecular weight excluding hydrogens is 324 g/mol. The van der Waals surface area contributed by atoms with Crippen LogP contribution < -0.4 is 0 Å². The second-order valence-corrected chi connectivity index (χ2v) is 6.42. The lowest BCUT2D eigenvalue weighted by atomic mass is 9.95. The molecule has 0 spiro atoms. The van der Waals surface area contributed by atoms with Crippen molar-refractivity contribution in [2.45, 2.75) is 45.3 Å². The Morgan fingerprint density at radius 3 is 2.60 bits per heavy atom. The number of rotatable bonds is 0. The first-order valence-corrected chi connectivity index (χ1v) is 8.17. The molecule has 0 amide bonds. The molecule has 0 radical (unpaired) electrons. The van der Waals surface area contributed by atoms with Gasteiger partial charge in [-0.1, -0.05) is 6.08 Å². The van der Waals surface area contributed by atoms with Crippen molar-refractivity contribution in [2.75, 3.05) is 0 Å². The molecule has 1 fully saturated rings. The van der Waals surface area contributed by atoms with Gasteiger partial charge in [-0.05, 0) is 37.1 Å². The van der Waals surface area contributed by atoms with Gasteiger partial charge < -0.3 is 19.7 Å². The molecule has 0 aliphatic carbocycles. The van der Waals surface area contributed by atoms with Crippen LogP contribution in [0.3, 0.4) is 0 Å². The fourth-order valence-corrected chi connectivity index (χ4v) is 3.08. The summed E-state index contributed by atoms with van der Waals surface area (Å²) in [5, 5.41) is 20.1. The number of aromatic hydroxyl groups is 2. The van der Waals surface area contributed by atoms with Crippen LogP contribution in [0.1, 0.15) is 41.3 Å². The van der Waals surface area contributed by atoms with Crippen LogP contribution >= 0.6 is 0 Å². The molecule has 1 saturated heterocycles. The van der Waals surface area contributed by atoms with Gasteiger partial charge in [0.15, 0.2) is 5.78 Å². The van der Waals surface area contributed by atoms with Gasteiger partial charge >= 0.3 is 5.97 Å². The Hall–Kier alpha value is -2.76. The Bertz CT molecular complexity index is 782. The van der Waals surface area contributed by atoms with Crippen LogP contribution in [0.15, 0.2) is 30.1 Å². The fraction of sp³-hybridized carbons (Fsp3) is 0.368. The molecular formula is C19H20O6. The highest BCUT2D eigenvalue weighted by atomic mass is 16.5. The Balaban J connectivity index is 2.03. The van der Waals surface area contributed by atoms with E-state index in [1.807, 2.05) is 0 Å². The zero-order chi connectivity index (χ0) is 18.1. The number of fused-ring (bicyclic) bond motifs is 6. The topological polar surface area (TPSA) is 93.1 Å². The SMILES string of the molecule is Cc1c(O)cc(O)c2c1CC(=O)/C=C/C=C1/CC(CC(C)OC2=O)O1. The van der Waals surface area contributed by atoms with Crippen LogP contribution in [0.2, 0.25) is 0 Å². The quantitative estimate of drug-likeness (QED) is 0.703. The van der Waals surface area contributed by atoms with E-state index in [2.05, 4.69) is 0 Å². The minimum Gasteiger partial charge on any atom is -0.508 e. The molecule has 2 bridgehead atoms. The maximum atomic E-state index is 12.6. The lowest BCUT2D eigenvalue weighted by molar-refractivity contribution is -0.114. The molecule has 3 aliphatic heterocycles. The predicted octanol–water partition coefficient (Wildman–Crippen LogP) is 2.70. The number of phenolic OH excluding ortho intramolecular Hbond substituents is 2.